The normalized spacial score (nSPS) is 21.5. The predicted octanol–water partition coefficient (Wildman–Crippen LogP) is 0.943. The van der Waals surface area contributed by atoms with Crippen LogP contribution in [0.1, 0.15) is 25.7 Å². The minimum Gasteiger partial charge on any atom is -0.334 e. The van der Waals surface area contributed by atoms with Crippen molar-refractivity contribution in [3.05, 3.63) is 9.81 Å². The summed E-state index contributed by atoms with van der Waals surface area (Å²) in [5, 5.41) is 11.8. The molecule has 0 heterocycles. The van der Waals surface area contributed by atoms with Crippen molar-refractivity contribution >= 4 is 12.1 Å². The minimum atomic E-state index is -0.544. The van der Waals surface area contributed by atoms with Gasteiger partial charge in [0, 0.05) is 26.2 Å². The lowest BCUT2D eigenvalue weighted by Crippen LogP contribution is -2.47. The maximum Gasteiger partial charge on any atom is 0.340 e. The molecule has 0 aromatic rings. The first-order valence-corrected chi connectivity index (χ1v) is 6.23. The molecule has 0 aromatic heterocycles. The van der Waals surface area contributed by atoms with E-state index in [1.807, 2.05) is 0 Å². The fourth-order valence-electron chi connectivity index (χ4n) is 1.99. The van der Waals surface area contributed by atoms with E-state index in [-0.39, 0.29) is 12.1 Å². The first-order chi connectivity index (χ1) is 9.47. The smallest absolute Gasteiger partial charge is 0.334 e. The largest absolute Gasteiger partial charge is 0.340 e. The number of urea groups is 2. The van der Waals surface area contributed by atoms with Crippen molar-refractivity contribution in [1.82, 2.24) is 20.7 Å². The van der Waals surface area contributed by atoms with E-state index < -0.39 is 12.1 Å². The van der Waals surface area contributed by atoms with Gasteiger partial charge in [0.2, 0.25) is 0 Å². The highest BCUT2D eigenvalue weighted by molar-refractivity contribution is 5.74. The Labute approximate surface area is 115 Å². The molecule has 20 heavy (non-hydrogen) atoms. The van der Waals surface area contributed by atoms with Gasteiger partial charge in [-0.05, 0) is 25.7 Å². The molecule has 0 atom stereocenters. The Morgan fingerprint density at radius 1 is 0.850 bits per heavy atom. The van der Waals surface area contributed by atoms with Crippen LogP contribution >= 0.6 is 0 Å². The first-order valence-electron chi connectivity index (χ1n) is 6.23. The average Bonchev–Trinajstić information content (AvgIpc) is 2.47. The van der Waals surface area contributed by atoms with Crippen LogP contribution in [-0.4, -0.2) is 48.3 Å². The van der Waals surface area contributed by atoms with Crippen LogP contribution in [0.3, 0.4) is 0 Å². The molecule has 0 aromatic carbocycles. The molecule has 112 valence electrons. The van der Waals surface area contributed by atoms with Crippen LogP contribution in [0, 0.1) is 9.81 Å². The summed E-state index contributed by atoms with van der Waals surface area (Å²) in [6.45, 7) is 0. The molecule has 0 bridgehead atoms. The van der Waals surface area contributed by atoms with E-state index in [1.165, 1.54) is 14.1 Å². The number of nitrogens with zero attached hydrogens (tertiary/aromatic N) is 4. The molecule has 1 fully saturated rings. The first kappa shape index (κ1) is 15.8. The lowest BCUT2D eigenvalue weighted by atomic mass is 9.91. The van der Waals surface area contributed by atoms with Gasteiger partial charge < -0.3 is 10.6 Å². The van der Waals surface area contributed by atoms with Crippen molar-refractivity contribution in [2.45, 2.75) is 37.8 Å². The van der Waals surface area contributed by atoms with E-state index in [0.717, 1.165) is 0 Å². The SMILES string of the molecule is CN(N=O)C(=O)NC1CCC(NC(=O)N(C)N=O)CC1. The molecule has 10 nitrogen and oxygen atoms in total. The Kier molecular flexibility index (Phi) is 5.81. The molecule has 0 aliphatic heterocycles. The van der Waals surface area contributed by atoms with Gasteiger partial charge >= 0.3 is 12.1 Å². The molecule has 1 aliphatic carbocycles. The summed E-state index contributed by atoms with van der Waals surface area (Å²) in [6, 6.07) is -1.20. The summed E-state index contributed by atoms with van der Waals surface area (Å²) < 4.78 is 0. The molecule has 0 radical (unpaired) electrons. The van der Waals surface area contributed by atoms with Gasteiger partial charge in [0.25, 0.3) is 0 Å². The van der Waals surface area contributed by atoms with Crippen molar-refractivity contribution < 1.29 is 9.59 Å². The highest BCUT2D eigenvalue weighted by Crippen LogP contribution is 2.19. The number of nitroso groups, excluding NO2 is 2. The highest BCUT2D eigenvalue weighted by atomic mass is 16.3. The topological polar surface area (TPSA) is 124 Å². The van der Waals surface area contributed by atoms with Gasteiger partial charge in [-0.3, -0.25) is 0 Å². The van der Waals surface area contributed by atoms with Gasteiger partial charge in [0.15, 0.2) is 0 Å². The third-order valence-corrected chi connectivity index (χ3v) is 3.22. The zero-order chi connectivity index (χ0) is 15.1. The summed E-state index contributed by atoms with van der Waals surface area (Å²) in [6.07, 6.45) is 2.67. The fraction of sp³-hybridized carbons (Fsp3) is 0.800. The average molecular weight is 286 g/mol. The second kappa shape index (κ2) is 7.36. The Morgan fingerprint density at radius 3 is 1.40 bits per heavy atom. The quantitative estimate of drug-likeness (QED) is 0.589. The number of carbonyl (C=O) groups excluding carboxylic acids is 2. The van der Waals surface area contributed by atoms with Gasteiger partial charge in [0.05, 0.1) is 10.6 Å². The predicted molar refractivity (Wildman–Crippen MR) is 70.2 cm³/mol. The number of carbonyl (C=O) groups is 2. The van der Waals surface area contributed by atoms with Gasteiger partial charge in [-0.1, -0.05) is 0 Å². The van der Waals surface area contributed by atoms with Crippen LogP contribution in [0.5, 0.6) is 0 Å². The summed E-state index contributed by atoms with van der Waals surface area (Å²) in [5.41, 5.74) is 0. The van der Waals surface area contributed by atoms with Crippen molar-refractivity contribution in [2.24, 2.45) is 10.6 Å². The Balaban J connectivity index is 2.33. The number of hydrogen-bond acceptors (Lipinski definition) is 6. The third-order valence-electron chi connectivity index (χ3n) is 3.22. The zero-order valence-corrected chi connectivity index (χ0v) is 11.4. The standard InChI is InChI=1S/C10H18N6O4/c1-15(13-19)9(17)11-7-3-5-8(6-4-7)12-10(18)16(2)14-20/h7-8H,3-6H2,1-2H3,(H,11,17)(H,12,18). The van der Waals surface area contributed by atoms with Crippen LogP contribution in [0.15, 0.2) is 10.6 Å². The Morgan fingerprint density at radius 2 is 1.15 bits per heavy atom. The molecule has 4 amide bonds. The van der Waals surface area contributed by atoms with Gasteiger partial charge in [-0.15, -0.1) is 9.81 Å². The van der Waals surface area contributed by atoms with E-state index >= 15 is 0 Å². The molecule has 1 aliphatic rings. The second-order valence-corrected chi connectivity index (χ2v) is 4.66. The molecule has 0 unspecified atom stereocenters. The second-order valence-electron chi connectivity index (χ2n) is 4.66. The Bertz CT molecular complexity index is 346. The van der Waals surface area contributed by atoms with E-state index in [1.54, 1.807) is 0 Å². The van der Waals surface area contributed by atoms with E-state index in [9.17, 15) is 19.4 Å². The molecule has 1 rings (SSSR count). The molecule has 2 N–H and O–H groups in total. The molecular formula is C10H18N6O4. The highest BCUT2D eigenvalue weighted by Gasteiger charge is 2.25. The summed E-state index contributed by atoms with van der Waals surface area (Å²) >= 11 is 0. The molecule has 0 saturated heterocycles. The number of amides is 4. The van der Waals surface area contributed by atoms with Crippen LogP contribution in [0.2, 0.25) is 0 Å². The number of hydrogen-bond donors (Lipinski definition) is 2. The fourth-order valence-corrected chi connectivity index (χ4v) is 1.99. The van der Waals surface area contributed by atoms with Gasteiger partial charge in [-0.25, -0.2) is 9.59 Å². The number of nitrogens with one attached hydrogen (secondary N) is 2. The summed E-state index contributed by atoms with van der Waals surface area (Å²) in [4.78, 5) is 43.2. The Hall–Kier alpha value is -2.26. The maximum atomic E-state index is 11.4. The number of rotatable bonds is 4. The molecule has 0 spiro atoms. The van der Waals surface area contributed by atoms with E-state index in [0.29, 0.717) is 35.7 Å². The summed E-state index contributed by atoms with van der Waals surface area (Å²) in [7, 11) is 2.55. The van der Waals surface area contributed by atoms with Gasteiger partial charge in [0.1, 0.15) is 0 Å². The molecule has 10 heteroatoms. The van der Waals surface area contributed by atoms with Crippen LogP contribution in [-0.2, 0) is 0 Å². The lowest BCUT2D eigenvalue weighted by Gasteiger charge is -2.30. The van der Waals surface area contributed by atoms with E-state index in [2.05, 4.69) is 21.2 Å². The lowest BCUT2D eigenvalue weighted by molar-refractivity contribution is 0.191. The minimum absolute atomic E-state index is 0.0539. The van der Waals surface area contributed by atoms with E-state index in [4.69, 9.17) is 0 Å². The van der Waals surface area contributed by atoms with Crippen molar-refractivity contribution in [1.29, 1.82) is 0 Å². The summed E-state index contributed by atoms with van der Waals surface area (Å²) in [5.74, 6) is 0. The third kappa shape index (κ3) is 4.44. The van der Waals surface area contributed by atoms with Crippen LogP contribution in [0.4, 0.5) is 9.59 Å². The van der Waals surface area contributed by atoms with Crippen molar-refractivity contribution in [3.63, 3.8) is 0 Å². The maximum absolute atomic E-state index is 11.4. The van der Waals surface area contributed by atoms with Gasteiger partial charge in [-0.2, -0.15) is 10.0 Å². The molecule has 1 saturated carbocycles. The van der Waals surface area contributed by atoms with Crippen LogP contribution in [0.25, 0.3) is 0 Å². The zero-order valence-electron chi connectivity index (χ0n) is 11.4. The monoisotopic (exact) mass is 286 g/mol. The molecular weight excluding hydrogens is 268 g/mol. The van der Waals surface area contributed by atoms with Crippen molar-refractivity contribution in [3.8, 4) is 0 Å². The van der Waals surface area contributed by atoms with Crippen molar-refractivity contribution in [2.75, 3.05) is 14.1 Å². The van der Waals surface area contributed by atoms with Crippen LogP contribution < -0.4 is 10.6 Å².